The molecular weight excluding hydrogens is 463 g/mol. The molecule has 4 atom stereocenters. The first-order chi connectivity index (χ1) is 15.7. The lowest BCUT2D eigenvalue weighted by molar-refractivity contribution is -0.156. The molecule has 8 heteroatoms. The van der Waals surface area contributed by atoms with Gasteiger partial charge in [-0.05, 0) is 50.3 Å². The fraction of sp³-hybridized carbons (Fsp3) is 0.360. The van der Waals surface area contributed by atoms with E-state index in [1.807, 2.05) is 0 Å². The van der Waals surface area contributed by atoms with Crippen LogP contribution in [-0.4, -0.2) is 39.6 Å². The summed E-state index contributed by atoms with van der Waals surface area (Å²) in [6, 6.07) is 11.7. The number of benzene rings is 2. The van der Waals surface area contributed by atoms with Gasteiger partial charge in [0.2, 0.25) is 0 Å². The molecule has 0 radical (unpaired) electrons. The highest BCUT2D eigenvalue weighted by molar-refractivity contribution is 6.36. The number of hydrogen-bond donors (Lipinski definition) is 0. The van der Waals surface area contributed by atoms with Crippen molar-refractivity contribution in [3.63, 3.8) is 0 Å². The highest BCUT2D eigenvalue weighted by atomic mass is 35.5. The molecule has 1 saturated carbocycles. The molecule has 0 spiro atoms. The molecule has 3 amide bonds. The predicted molar refractivity (Wildman–Crippen MR) is 125 cm³/mol. The second-order valence-corrected chi connectivity index (χ2v) is 9.64. The van der Waals surface area contributed by atoms with Gasteiger partial charge in [0.25, 0.3) is 17.7 Å². The van der Waals surface area contributed by atoms with Crippen molar-refractivity contribution in [2.45, 2.75) is 39.2 Å². The molecule has 0 unspecified atom stereocenters. The Morgan fingerprint density at radius 2 is 1.67 bits per heavy atom. The summed E-state index contributed by atoms with van der Waals surface area (Å²) in [6.07, 6.45) is 2.00. The van der Waals surface area contributed by atoms with Crippen molar-refractivity contribution in [3.8, 4) is 0 Å². The standard InChI is InChI=1S/C25H24Cl2N2O4/c1-14-8-10-18-20(12-14)25(33)29(23(18)31)28(15(2)22(30)16-6-4-3-5-7-16)24(32)19-11-9-17(26)13-21(19)27/h3-7,9,11,13-15,18,20H,8,10,12H2,1-2H3/t14-,15+,18+,20+/m1/s1. The van der Waals surface area contributed by atoms with Crippen molar-refractivity contribution in [3.05, 3.63) is 69.7 Å². The third kappa shape index (κ3) is 4.30. The van der Waals surface area contributed by atoms with Crippen LogP contribution in [0.5, 0.6) is 0 Å². The molecule has 1 heterocycles. The first-order valence-electron chi connectivity index (χ1n) is 11.0. The molecule has 2 aliphatic rings. The monoisotopic (exact) mass is 486 g/mol. The number of hydrazine groups is 1. The molecule has 172 valence electrons. The Balaban J connectivity index is 1.77. The van der Waals surface area contributed by atoms with Crippen LogP contribution < -0.4 is 0 Å². The van der Waals surface area contributed by atoms with Crippen LogP contribution >= 0.6 is 23.2 Å². The second-order valence-electron chi connectivity index (χ2n) is 8.80. The maximum absolute atomic E-state index is 13.7. The van der Waals surface area contributed by atoms with E-state index in [0.717, 1.165) is 16.4 Å². The average Bonchev–Trinajstić information content (AvgIpc) is 3.03. The minimum atomic E-state index is -1.11. The van der Waals surface area contributed by atoms with Gasteiger partial charge in [0, 0.05) is 10.6 Å². The summed E-state index contributed by atoms with van der Waals surface area (Å²) >= 11 is 12.3. The maximum Gasteiger partial charge on any atom is 0.275 e. The molecule has 0 bridgehead atoms. The van der Waals surface area contributed by atoms with Crippen LogP contribution in [0.15, 0.2) is 48.5 Å². The highest BCUT2D eigenvalue weighted by Gasteiger charge is 2.54. The predicted octanol–water partition coefficient (Wildman–Crippen LogP) is 5.04. The number of amides is 3. The Morgan fingerprint density at radius 3 is 2.33 bits per heavy atom. The van der Waals surface area contributed by atoms with Gasteiger partial charge in [-0.25, -0.2) is 5.01 Å². The van der Waals surface area contributed by atoms with E-state index in [2.05, 4.69) is 6.92 Å². The number of fused-ring (bicyclic) bond motifs is 1. The van der Waals surface area contributed by atoms with Crippen molar-refractivity contribution in [1.82, 2.24) is 10.0 Å². The Bertz CT molecular complexity index is 1120. The normalized spacial score (nSPS) is 23.3. The summed E-state index contributed by atoms with van der Waals surface area (Å²) in [5.74, 6) is -2.65. The van der Waals surface area contributed by atoms with Crippen LogP contribution in [0.2, 0.25) is 10.0 Å². The van der Waals surface area contributed by atoms with Gasteiger partial charge in [0.1, 0.15) is 6.04 Å². The number of ketones is 1. The van der Waals surface area contributed by atoms with E-state index in [0.29, 0.717) is 29.3 Å². The van der Waals surface area contributed by atoms with Crippen LogP contribution in [0.4, 0.5) is 0 Å². The number of halogens is 2. The van der Waals surface area contributed by atoms with Crippen molar-refractivity contribution in [2.24, 2.45) is 17.8 Å². The van der Waals surface area contributed by atoms with Gasteiger partial charge < -0.3 is 0 Å². The molecule has 0 N–H and O–H groups in total. The van der Waals surface area contributed by atoms with Crippen molar-refractivity contribution in [2.75, 3.05) is 0 Å². The maximum atomic E-state index is 13.7. The molecule has 0 aromatic heterocycles. The second kappa shape index (κ2) is 9.27. The van der Waals surface area contributed by atoms with Crippen LogP contribution in [-0.2, 0) is 9.59 Å². The number of imide groups is 1. The molecule has 33 heavy (non-hydrogen) atoms. The smallest absolute Gasteiger partial charge is 0.275 e. The summed E-state index contributed by atoms with van der Waals surface area (Å²) in [4.78, 5) is 53.8. The number of carbonyl (C=O) groups excluding carboxylic acids is 4. The number of hydrogen-bond acceptors (Lipinski definition) is 4. The number of carbonyl (C=O) groups is 4. The number of nitrogens with zero attached hydrogens (tertiary/aromatic N) is 2. The molecular formula is C25H24Cl2N2O4. The van der Waals surface area contributed by atoms with Crippen molar-refractivity contribution >= 4 is 46.7 Å². The third-order valence-electron chi connectivity index (χ3n) is 6.55. The minimum Gasteiger partial charge on any atom is -0.292 e. The van der Waals surface area contributed by atoms with E-state index in [9.17, 15) is 19.2 Å². The summed E-state index contributed by atoms with van der Waals surface area (Å²) in [6.45, 7) is 3.57. The first kappa shape index (κ1) is 23.5. The molecule has 2 aromatic carbocycles. The van der Waals surface area contributed by atoms with Gasteiger partial charge in [-0.1, -0.05) is 60.5 Å². The van der Waals surface area contributed by atoms with E-state index in [1.54, 1.807) is 30.3 Å². The summed E-state index contributed by atoms with van der Waals surface area (Å²) in [7, 11) is 0. The molecule has 2 fully saturated rings. The lowest BCUT2D eigenvalue weighted by Gasteiger charge is -2.35. The average molecular weight is 487 g/mol. The van der Waals surface area contributed by atoms with Crippen LogP contribution in [0.25, 0.3) is 0 Å². The van der Waals surface area contributed by atoms with E-state index in [4.69, 9.17) is 23.2 Å². The van der Waals surface area contributed by atoms with Crippen LogP contribution in [0.1, 0.15) is 53.8 Å². The van der Waals surface area contributed by atoms with Gasteiger partial charge >= 0.3 is 0 Å². The third-order valence-corrected chi connectivity index (χ3v) is 7.10. The van der Waals surface area contributed by atoms with Gasteiger partial charge in [-0.2, -0.15) is 5.01 Å². The Kier molecular flexibility index (Phi) is 6.59. The SMILES string of the molecule is C[C@@H]1CC[C@@H]2C(=O)N(N(C(=O)c3ccc(Cl)cc3Cl)[C@@H](C)C(=O)c3ccccc3)C(=O)[C@H]2C1. The molecule has 1 aliphatic heterocycles. The topological polar surface area (TPSA) is 74.8 Å². The minimum absolute atomic E-state index is 0.0534. The highest BCUT2D eigenvalue weighted by Crippen LogP contribution is 2.42. The first-order valence-corrected chi connectivity index (χ1v) is 11.7. The number of Topliss-reactive ketones (excluding diaryl/α,β-unsaturated/α-hetero) is 1. The van der Waals surface area contributed by atoms with Gasteiger partial charge in [-0.15, -0.1) is 0 Å². The zero-order valence-electron chi connectivity index (χ0n) is 18.3. The summed E-state index contributed by atoms with van der Waals surface area (Å²) in [5.41, 5.74) is 0.424. The van der Waals surface area contributed by atoms with Crippen molar-refractivity contribution < 1.29 is 19.2 Å². The number of rotatable bonds is 5. The molecule has 1 aliphatic carbocycles. The van der Waals surface area contributed by atoms with Gasteiger partial charge in [0.05, 0.1) is 22.4 Å². The van der Waals surface area contributed by atoms with Crippen molar-refractivity contribution in [1.29, 1.82) is 0 Å². The fourth-order valence-corrected chi connectivity index (χ4v) is 5.25. The Morgan fingerprint density at radius 1 is 1.00 bits per heavy atom. The van der Waals surface area contributed by atoms with Crippen LogP contribution in [0.3, 0.4) is 0 Å². The zero-order chi connectivity index (χ0) is 23.9. The van der Waals surface area contributed by atoms with E-state index in [-0.39, 0.29) is 10.6 Å². The van der Waals surface area contributed by atoms with E-state index < -0.39 is 41.4 Å². The Labute approximate surface area is 202 Å². The fourth-order valence-electron chi connectivity index (χ4n) is 4.77. The Hall–Kier alpha value is -2.70. The van der Waals surface area contributed by atoms with Gasteiger partial charge in [-0.3, -0.25) is 19.2 Å². The molecule has 2 aromatic rings. The van der Waals surface area contributed by atoms with E-state index in [1.165, 1.54) is 25.1 Å². The quantitative estimate of drug-likeness (QED) is 0.438. The van der Waals surface area contributed by atoms with E-state index >= 15 is 0 Å². The molecule has 4 rings (SSSR count). The molecule has 1 saturated heterocycles. The lowest BCUT2D eigenvalue weighted by atomic mass is 9.76. The summed E-state index contributed by atoms with van der Waals surface area (Å²) in [5, 5.41) is 2.29. The van der Waals surface area contributed by atoms with Crippen LogP contribution in [0, 0.1) is 17.8 Å². The van der Waals surface area contributed by atoms with Gasteiger partial charge in [0.15, 0.2) is 5.78 Å². The summed E-state index contributed by atoms with van der Waals surface area (Å²) < 4.78 is 0. The molecule has 6 nitrogen and oxygen atoms in total. The lowest BCUT2D eigenvalue weighted by Crippen LogP contribution is -2.56. The largest absolute Gasteiger partial charge is 0.292 e. The zero-order valence-corrected chi connectivity index (χ0v) is 19.8.